The summed E-state index contributed by atoms with van der Waals surface area (Å²) in [7, 11) is 5.00. The molecule has 0 saturated heterocycles. The lowest BCUT2D eigenvalue weighted by Crippen LogP contribution is -2.25. The van der Waals surface area contributed by atoms with Crippen LogP contribution in [0.25, 0.3) is 6.08 Å². The smallest absolute Gasteiger partial charge is 0.331 e. The van der Waals surface area contributed by atoms with Crippen LogP contribution in [-0.4, -0.2) is 39.6 Å². The number of ether oxygens (including phenoxy) is 3. The number of carbonyl (C=O) groups is 2. The van der Waals surface area contributed by atoms with E-state index in [9.17, 15) is 9.59 Å². The highest BCUT2D eigenvalue weighted by atomic mass is 16.5. The van der Waals surface area contributed by atoms with Gasteiger partial charge < -0.3 is 19.1 Å². The number of nitrogens with zero attached hydrogens (tertiary/aromatic N) is 1. The number of anilines is 1. The molecule has 162 valence electrons. The molecule has 2 aromatic rings. The molecule has 0 aliphatic carbocycles. The number of allylic oxidation sites excluding steroid dienone is 1. The highest BCUT2D eigenvalue weighted by molar-refractivity contribution is 5.96. The number of para-hydroxylation sites is 2. The van der Waals surface area contributed by atoms with E-state index in [-0.39, 0.29) is 17.8 Å². The van der Waals surface area contributed by atoms with E-state index >= 15 is 0 Å². The summed E-state index contributed by atoms with van der Waals surface area (Å²) >= 11 is 0. The maximum absolute atomic E-state index is 12.5. The molecule has 0 amide bonds. The van der Waals surface area contributed by atoms with Crippen molar-refractivity contribution in [2.24, 2.45) is 0 Å². The van der Waals surface area contributed by atoms with Gasteiger partial charge in [0.1, 0.15) is 0 Å². The number of benzene rings is 2. The van der Waals surface area contributed by atoms with E-state index in [0.717, 1.165) is 16.9 Å². The molecule has 1 heterocycles. The van der Waals surface area contributed by atoms with Crippen LogP contribution >= 0.6 is 0 Å². The van der Waals surface area contributed by atoms with Gasteiger partial charge in [-0.3, -0.25) is 4.79 Å². The number of carbonyl (C=O) groups excluding carboxylic acids is 2. The van der Waals surface area contributed by atoms with Crippen LogP contribution in [0.15, 0.2) is 60.3 Å². The maximum atomic E-state index is 12.5. The van der Waals surface area contributed by atoms with Crippen LogP contribution in [0, 0.1) is 0 Å². The van der Waals surface area contributed by atoms with Gasteiger partial charge in [-0.15, -0.1) is 0 Å². The van der Waals surface area contributed by atoms with Gasteiger partial charge in [-0.05, 0) is 23.8 Å². The molecule has 6 nitrogen and oxygen atoms in total. The third-order valence-corrected chi connectivity index (χ3v) is 5.43. The first-order valence-corrected chi connectivity index (χ1v) is 9.93. The molecule has 0 bridgehead atoms. The van der Waals surface area contributed by atoms with Crippen LogP contribution in [0.2, 0.25) is 0 Å². The largest absolute Gasteiger partial charge is 0.493 e. The molecule has 31 heavy (non-hydrogen) atoms. The van der Waals surface area contributed by atoms with Gasteiger partial charge >= 0.3 is 5.97 Å². The molecule has 0 spiro atoms. The van der Waals surface area contributed by atoms with Gasteiger partial charge in [-0.25, -0.2) is 4.79 Å². The molecule has 6 heteroatoms. The van der Waals surface area contributed by atoms with E-state index in [1.807, 2.05) is 30.1 Å². The second kappa shape index (κ2) is 9.08. The van der Waals surface area contributed by atoms with Crippen LogP contribution in [0.1, 0.15) is 25.0 Å². The Kier molecular flexibility index (Phi) is 6.49. The van der Waals surface area contributed by atoms with Crippen molar-refractivity contribution in [3.63, 3.8) is 0 Å². The van der Waals surface area contributed by atoms with Gasteiger partial charge in [0.25, 0.3) is 0 Å². The van der Waals surface area contributed by atoms with Gasteiger partial charge in [-0.1, -0.05) is 44.2 Å². The van der Waals surface area contributed by atoms with Gasteiger partial charge in [0.05, 0.1) is 14.2 Å². The Morgan fingerprint density at radius 1 is 1.03 bits per heavy atom. The van der Waals surface area contributed by atoms with Crippen molar-refractivity contribution in [2.75, 3.05) is 32.8 Å². The van der Waals surface area contributed by atoms with Crippen molar-refractivity contribution in [1.82, 2.24) is 0 Å². The number of hydrogen-bond donors (Lipinski definition) is 0. The predicted molar refractivity (Wildman–Crippen MR) is 121 cm³/mol. The molecule has 1 aliphatic rings. The lowest BCUT2D eigenvalue weighted by molar-refractivity contribution is -0.141. The zero-order valence-corrected chi connectivity index (χ0v) is 18.5. The highest BCUT2D eigenvalue weighted by Crippen LogP contribution is 2.46. The van der Waals surface area contributed by atoms with E-state index < -0.39 is 5.97 Å². The average Bonchev–Trinajstić information content (AvgIpc) is 2.96. The summed E-state index contributed by atoms with van der Waals surface area (Å²) in [5.74, 6) is 0.187. The Bertz CT molecular complexity index is 1050. The number of esters is 1. The van der Waals surface area contributed by atoms with E-state index in [2.05, 4.69) is 19.9 Å². The zero-order chi connectivity index (χ0) is 22.6. The monoisotopic (exact) mass is 421 g/mol. The number of fused-ring (bicyclic) bond motifs is 1. The molecule has 1 aliphatic heterocycles. The van der Waals surface area contributed by atoms with Crippen LogP contribution < -0.4 is 14.4 Å². The Balaban J connectivity index is 1.65. The number of ketones is 1. The Hall–Kier alpha value is -3.54. The molecule has 0 unspecified atom stereocenters. The minimum Gasteiger partial charge on any atom is -0.493 e. The van der Waals surface area contributed by atoms with E-state index in [1.165, 1.54) is 13.2 Å². The first-order valence-electron chi connectivity index (χ1n) is 9.93. The summed E-state index contributed by atoms with van der Waals surface area (Å²) in [6.07, 6.45) is 4.39. The molecule has 0 aromatic heterocycles. The van der Waals surface area contributed by atoms with Crippen LogP contribution in [0.5, 0.6) is 11.5 Å². The third kappa shape index (κ3) is 4.48. The number of likely N-dealkylation sites (N-methyl/N-ethyl adjacent to an activating group) is 1. The van der Waals surface area contributed by atoms with Crippen molar-refractivity contribution in [1.29, 1.82) is 0 Å². The van der Waals surface area contributed by atoms with Crippen molar-refractivity contribution < 1.29 is 23.8 Å². The molecule has 0 saturated carbocycles. The van der Waals surface area contributed by atoms with E-state index in [1.54, 1.807) is 37.5 Å². The van der Waals surface area contributed by atoms with Crippen molar-refractivity contribution in [3.8, 4) is 11.5 Å². The van der Waals surface area contributed by atoms with Crippen LogP contribution in [-0.2, 0) is 19.7 Å². The summed E-state index contributed by atoms with van der Waals surface area (Å²) in [5, 5.41) is 0. The molecule has 0 radical (unpaired) electrons. The highest BCUT2D eigenvalue weighted by Gasteiger charge is 2.38. The molecule has 3 rings (SSSR count). The fourth-order valence-electron chi connectivity index (χ4n) is 3.84. The van der Waals surface area contributed by atoms with E-state index in [0.29, 0.717) is 17.1 Å². The predicted octanol–water partition coefficient (Wildman–Crippen LogP) is 4.14. The fourth-order valence-corrected chi connectivity index (χ4v) is 3.84. The van der Waals surface area contributed by atoms with Crippen molar-refractivity contribution in [2.45, 2.75) is 19.3 Å². The fraction of sp³-hybridized carbons (Fsp3) is 0.280. The average molecular weight is 421 g/mol. The third-order valence-electron chi connectivity index (χ3n) is 5.43. The first-order chi connectivity index (χ1) is 14.8. The minimum atomic E-state index is -0.612. The van der Waals surface area contributed by atoms with Gasteiger partial charge in [0.15, 0.2) is 23.9 Å². The van der Waals surface area contributed by atoms with Gasteiger partial charge in [-0.2, -0.15) is 0 Å². The number of hydrogen-bond acceptors (Lipinski definition) is 6. The number of methoxy groups -OCH3 is 2. The summed E-state index contributed by atoms with van der Waals surface area (Å²) in [6.45, 7) is 3.82. The number of rotatable bonds is 7. The first kappa shape index (κ1) is 22.2. The molecule has 0 N–H and O–H groups in total. The quantitative estimate of drug-likeness (QED) is 0.495. The lowest BCUT2D eigenvalue weighted by Gasteiger charge is -2.23. The molecule has 2 aromatic carbocycles. The SMILES string of the molecule is COc1cccc(/C=C/C(=O)OCC(=O)/C=C2/N(C)c3ccccc3C2(C)C)c1OC. The lowest BCUT2D eigenvalue weighted by atomic mass is 9.83. The van der Waals surface area contributed by atoms with Crippen molar-refractivity contribution in [3.05, 3.63) is 71.4 Å². The second-order valence-corrected chi connectivity index (χ2v) is 7.72. The summed E-state index contributed by atoms with van der Waals surface area (Å²) in [6, 6.07) is 13.4. The Labute approximate surface area is 182 Å². The topological polar surface area (TPSA) is 65.1 Å². The maximum Gasteiger partial charge on any atom is 0.331 e. The Morgan fingerprint density at radius 3 is 2.45 bits per heavy atom. The summed E-state index contributed by atoms with van der Waals surface area (Å²) in [5.41, 5.74) is 3.45. The Morgan fingerprint density at radius 2 is 1.77 bits per heavy atom. The molecular weight excluding hydrogens is 394 g/mol. The normalized spacial score (nSPS) is 15.8. The van der Waals surface area contributed by atoms with Gasteiger partial charge in [0, 0.05) is 41.6 Å². The van der Waals surface area contributed by atoms with Crippen LogP contribution in [0.4, 0.5) is 5.69 Å². The van der Waals surface area contributed by atoms with Crippen LogP contribution in [0.3, 0.4) is 0 Å². The molecule has 0 atom stereocenters. The van der Waals surface area contributed by atoms with E-state index in [4.69, 9.17) is 14.2 Å². The summed E-state index contributed by atoms with van der Waals surface area (Å²) < 4.78 is 15.7. The second-order valence-electron chi connectivity index (χ2n) is 7.72. The zero-order valence-electron chi connectivity index (χ0n) is 18.5. The van der Waals surface area contributed by atoms with Crippen molar-refractivity contribution >= 4 is 23.5 Å². The van der Waals surface area contributed by atoms with Gasteiger partial charge in [0.2, 0.25) is 0 Å². The summed E-state index contributed by atoms with van der Waals surface area (Å²) in [4.78, 5) is 26.6. The minimum absolute atomic E-state index is 0.275. The molecule has 0 fully saturated rings. The molecular formula is C25H27NO5. The standard InChI is InChI=1S/C25H27NO5/c1-25(2)19-10-6-7-11-20(19)26(3)22(25)15-18(27)16-31-23(28)14-13-17-9-8-12-21(29-4)24(17)30-5/h6-15H,16H2,1-5H3/b14-13+,22-15+.